The summed E-state index contributed by atoms with van der Waals surface area (Å²) in [6.07, 6.45) is 4.16. The fourth-order valence-corrected chi connectivity index (χ4v) is 5.25. The maximum absolute atomic E-state index is 13.7. The van der Waals surface area contributed by atoms with E-state index in [1.165, 1.54) is 35.6 Å². The normalized spacial score (nSPS) is 15.3. The molecule has 0 unspecified atom stereocenters. The van der Waals surface area contributed by atoms with Crippen LogP contribution in [0.25, 0.3) is 10.9 Å². The lowest BCUT2D eigenvalue weighted by Crippen LogP contribution is -2.35. The average molecular weight is 559 g/mol. The van der Waals surface area contributed by atoms with Gasteiger partial charge in [-0.25, -0.2) is 37.1 Å². The molecule has 1 amide bonds. The average Bonchev–Trinajstić information content (AvgIpc) is 2.86. The number of nitrogens with zero attached hydrogens (tertiary/aromatic N) is 5. The molecule has 1 aromatic carbocycles. The molecule has 0 atom stereocenters. The van der Waals surface area contributed by atoms with Crippen LogP contribution in [-0.4, -0.2) is 46.4 Å². The SMILES string of the molecule is CS(=O)(=O)c1ncccc1N(Cc1ccc2cc(Cl)c(N)nc2c1)C(=O)c1cnc(C2CC(F)(F)C2)nc1. The van der Waals surface area contributed by atoms with Gasteiger partial charge in [0.05, 0.1) is 28.3 Å². The summed E-state index contributed by atoms with van der Waals surface area (Å²) in [4.78, 5) is 31.5. The Balaban J connectivity index is 1.53. The fourth-order valence-electron chi connectivity index (χ4n) is 4.28. The zero-order valence-corrected chi connectivity index (χ0v) is 21.5. The van der Waals surface area contributed by atoms with Gasteiger partial charge < -0.3 is 10.6 Å². The zero-order chi connectivity index (χ0) is 27.2. The Kier molecular flexibility index (Phi) is 6.48. The highest BCUT2D eigenvalue weighted by Gasteiger charge is 2.47. The highest BCUT2D eigenvalue weighted by Crippen LogP contribution is 2.47. The molecular weight excluding hydrogens is 538 g/mol. The quantitative estimate of drug-likeness (QED) is 0.368. The minimum absolute atomic E-state index is 0.0518. The summed E-state index contributed by atoms with van der Waals surface area (Å²) < 4.78 is 51.5. The third-order valence-electron chi connectivity index (χ3n) is 6.22. The number of pyridine rings is 2. The number of hydrogen-bond donors (Lipinski definition) is 1. The molecule has 1 fully saturated rings. The predicted molar refractivity (Wildman–Crippen MR) is 138 cm³/mol. The van der Waals surface area contributed by atoms with Crippen molar-refractivity contribution in [2.45, 2.75) is 36.3 Å². The number of carbonyl (C=O) groups is 1. The Labute approximate surface area is 221 Å². The number of aromatic nitrogens is 4. The van der Waals surface area contributed by atoms with Crippen molar-refractivity contribution in [3.05, 3.63) is 77.0 Å². The Morgan fingerprint density at radius 1 is 1.16 bits per heavy atom. The first-order valence-electron chi connectivity index (χ1n) is 11.4. The number of nitrogen functional groups attached to an aromatic ring is 1. The van der Waals surface area contributed by atoms with Crippen LogP contribution in [0.3, 0.4) is 0 Å². The van der Waals surface area contributed by atoms with Gasteiger partial charge in [0.25, 0.3) is 5.91 Å². The topological polar surface area (TPSA) is 132 Å². The molecule has 196 valence electrons. The number of amides is 1. The van der Waals surface area contributed by atoms with Crippen LogP contribution in [0.15, 0.2) is 60.0 Å². The Morgan fingerprint density at radius 2 is 1.87 bits per heavy atom. The Morgan fingerprint density at radius 3 is 2.53 bits per heavy atom. The van der Waals surface area contributed by atoms with Gasteiger partial charge in [-0.1, -0.05) is 23.7 Å². The number of benzene rings is 1. The van der Waals surface area contributed by atoms with E-state index in [2.05, 4.69) is 19.9 Å². The summed E-state index contributed by atoms with van der Waals surface area (Å²) in [7, 11) is -3.81. The summed E-state index contributed by atoms with van der Waals surface area (Å²) >= 11 is 6.07. The number of hydrogen-bond acceptors (Lipinski definition) is 8. The van der Waals surface area contributed by atoms with E-state index in [0.29, 0.717) is 16.1 Å². The van der Waals surface area contributed by atoms with Gasteiger partial charge in [-0.05, 0) is 29.8 Å². The van der Waals surface area contributed by atoms with Crippen LogP contribution in [0, 0.1) is 0 Å². The predicted octanol–water partition coefficient (Wildman–Crippen LogP) is 4.42. The van der Waals surface area contributed by atoms with E-state index in [-0.39, 0.29) is 47.3 Å². The highest BCUT2D eigenvalue weighted by atomic mass is 35.5. The number of halogens is 3. The first-order valence-corrected chi connectivity index (χ1v) is 13.7. The van der Waals surface area contributed by atoms with Gasteiger partial charge in [0.1, 0.15) is 11.6 Å². The lowest BCUT2D eigenvalue weighted by Gasteiger charge is -2.33. The monoisotopic (exact) mass is 558 g/mol. The minimum atomic E-state index is -3.81. The number of anilines is 2. The lowest BCUT2D eigenvalue weighted by molar-refractivity contribution is -0.0885. The van der Waals surface area contributed by atoms with Gasteiger partial charge in [0.15, 0.2) is 14.9 Å². The van der Waals surface area contributed by atoms with Crippen molar-refractivity contribution in [1.82, 2.24) is 19.9 Å². The maximum Gasteiger partial charge on any atom is 0.261 e. The molecule has 1 aliphatic carbocycles. The molecule has 1 aliphatic rings. The summed E-state index contributed by atoms with van der Waals surface area (Å²) in [6.45, 7) is -0.0518. The Bertz CT molecular complexity index is 1660. The summed E-state index contributed by atoms with van der Waals surface area (Å²) in [5, 5.41) is 0.761. The number of nitrogens with two attached hydrogens (primary N) is 1. The molecule has 1 saturated carbocycles. The van der Waals surface area contributed by atoms with Crippen molar-refractivity contribution < 1.29 is 22.0 Å². The smallest absolute Gasteiger partial charge is 0.261 e. The van der Waals surface area contributed by atoms with Crippen molar-refractivity contribution >= 4 is 49.8 Å². The van der Waals surface area contributed by atoms with Gasteiger partial charge in [-0.3, -0.25) is 4.79 Å². The van der Waals surface area contributed by atoms with Gasteiger partial charge in [0.2, 0.25) is 5.92 Å². The maximum atomic E-state index is 13.7. The summed E-state index contributed by atoms with van der Waals surface area (Å²) in [5.41, 5.74) is 7.12. The van der Waals surface area contributed by atoms with Crippen LogP contribution in [-0.2, 0) is 16.4 Å². The van der Waals surface area contributed by atoms with Gasteiger partial charge in [-0.15, -0.1) is 0 Å². The largest absolute Gasteiger partial charge is 0.382 e. The first kappa shape index (κ1) is 25.9. The van der Waals surface area contributed by atoms with E-state index in [4.69, 9.17) is 17.3 Å². The zero-order valence-electron chi connectivity index (χ0n) is 20.0. The number of carbonyl (C=O) groups excluding carboxylic acids is 1. The summed E-state index contributed by atoms with van der Waals surface area (Å²) in [6, 6.07) is 9.90. The van der Waals surface area contributed by atoms with Crippen molar-refractivity contribution in [2.24, 2.45) is 0 Å². The fraction of sp³-hybridized carbons (Fsp3) is 0.240. The molecular formula is C25H21ClF2N6O3S. The molecule has 0 radical (unpaired) electrons. The second-order valence-corrected chi connectivity index (χ2v) is 11.5. The first-order chi connectivity index (χ1) is 17.9. The van der Waals surface area contributed by atoms with E-state index >= 15 is 0 Å². The van der Waals surface area contributed by atoms with Crippen LogP contribution in [0.2, 0.25) is 5.02 Å². The molecule has 13 heteroatoms. The minimum Gasteiger partial charge on any atom is -0.382 e. The second-order valence-electron chi connectivity index (χ2n) is 9.16. The third kappa shape index (κ3) is 5.14. The molecule has 4 aromatic rings. The third-order valence-corrected chi connectivity index (χ3v) is 7.54. The van der Waals surface area contributed by atoms with Crippen molar-refractivity contribution in [2.75, 3.05) is 16.9 Å². The van der Waals surface area contributed by atoms with E-state index in [1.54, 1.807) is 24.3 Å². The van der Waals surface area contributed by atoms with E-state index in [0.717, 1.165) is 11.6 Å². The van der Waals surface area contributed by atoms with Crippen LogP contribution in [0.1, 0.15) is 40.5 Å². The molecule has 3 aromatic heterocycles. The molecule has 3 heterocycles. The molecule has 0 bridgehead atoms. The van der Waals surface area contributed by atoms with Gasteiger partial charge in [-0.2, -0.15) is 0 Å². The molecule has 5 rings (SSSR count). The van der Waals surface area contributed by atoms with Crippen molar-refractivity contribution in [3.8, 4) is 0 Å². The van der Waals surface area contributed by atoms with Crippen LogP contribution >= 0.6 is 11.6 Å². The summed E-state index contributed by atoms with van der Waals surface area (Å²) in [5.74, 6) is -3.43. The Hall–Kier alpha value is -3.77. The number of fused-ring (bicyclic) bond motifs is 1. The molecule has 9 nitrogen and oxygen atoms in total. The lowest BCUT2D eigenvalue weighted by atomic mass is 9.81. The number of sulfone groups is 1. The van der Waals surface area contributed by atoms with E-state index < -0.39 is 27.6 Å². The molecule has 0 spiro atoms. The van der Waals surface area contributed by atoms with Crippen molar-refractivity contribution in [3.63, 3.8) is 0 Å². The van der Waals surface area contributed by atoms with Gasteiger partial charge in [0, 0.05) is 49.0 Å². The van der Waals surface area contributed by atoms with Crippen molar-refractivity contribution in [1.29, 1.82) is 0 Å². The van der Waals surface area contributed by atoms with Crippen LogP contribution in [0.4, 0.5) is 20.3 Å². The van der Waals surface area contributed by atoms with Crippen LogP contribution < -0.4 is 10.6 Å². The van der Waals surface area contributed by atoms with Crippen LogP contribution in [0.5, 0.6) is 0 Å². The standard InChI is InChI=1S/C25H21ClF2N6O3S/c1-38(36,37)23-20(3-2-6-30-23)34(13-14-4-5-15-8-18(26)21(29)33-19(15)7-14)24(35)17-11-31-22(32-12-17)16-9-25(27,28)10-16/h2-8,11-12,16H,9-10,13H2,1H3,(H2,29,33). The molecule has 38 heavy (non-hydrogen) atoms. The molecule has 0 saturated heterocycles. The molecule has 0 aliphatic heterocycles. The highest BCUT2D eigenvalue weighted by molar-refractivity contribution is 7.90. The second kappa shape index (κ2) is 9.52. The number of rotatable bonds is 6. The number of alkyl halides is 2. The molecule has 2 N–H and O–H groups in total. The van der Waals surface area contributed by atoms with E-state index in [1.807, 2.05) is 0 Å². The van der Waals surface area contributed by atoms with Gasteiger partial charge >= 0.3 is 0 Å². The van der Waals surface area contributed by atoms with E-state index in [9.17, 15) is 22.0 Å².